The SMILES string of the molecule is COc1ccc(-n2c(C(=O)CCc3ccc(C(F)(F)F)cc3)c3n(c2=O)CCN(C(=O)c2ccc(Br)c(Cl)c2)C3)cc1. The van der Waals surface area contributed by atoms with Gasteiger partial charge in [-0.05, 0) is 82.5 Å². The lowest BCUT2D eigenvalue weighted by Gasteiger charge is -2.28. The Kier molecular flexibility index (Phi) is 8.34. The predicted molar refractivity (Wildman–Crippen MR) is 155 cm³/mol. The summed E-state index contributed by atoms with van der Waals surface area (Å²) in [5.41, 5.74) is 0.671. The van der Waals surface area contributed by atoms with Crippen LogP contribution in [0.4, 0.5) is 13.2 Å². The first-order valence-corrected chi connectivity index (χ1v) is 14.1. The van der Waals surface area contributed by atoms with Gasteiger partial charge in [0.15, 0.2) is 5.78 Å². The molecule has 42 heavy (non-hydrogen) atoms. The van der Waals surface area contributed by atoms with Gasteiger partial charge in [-0.15, -0.1) is 0 Å². The van der Waals surface area contributed by atoms with Crippen LogP contribution in [0, 0.1) is 0 Å². The van der Waals surface area contributed by atoms with Crippen LogP contribution in [0.25, 0.3) is 5.69 Å². The molecule has 1 aliphatic rings. The standard InChI is InChI=1S/C30H24BrClF3N3O4/c1-42-22-10-8-21(9-11-22)38-27(26(39)13-4-18-2-6-20(7-3-18)30(33,34)35)25-17-36(14-15-37(25)29(38)41)28(40)19-5-12-23(31)24(32)16-19/h2-3,5-12,16H,4,13-15,17H2,1H3. The minimum Gasteiger partial charge on any atom is -0.497 e. The number of halogens is 5. The monoisotopic (exact) mass is 661 g/mol. The van der Waals surface area contributed by atoms with Crippen LogP contribution in [0.1, 0.15) is 44.1 Å². The maximum atomic E-state index is 13.8. The molecule has 7 nitrogen and oxygen atoms in total. The third kappa shape index (κ3) is 5.89. The molecular formula is C30H24BrClF3N3O4. The number of carbonyl (C=O) groups is 2. The zero-order valence-corrected chi connectivity index (χ0v) is 24.6. The van der Waals surface area contributed by atoms with E-state index in [1.54, 1.807) is 47.4 Å². The molecule has 0 spiro atoms. The van der Waals surface area contributed by atoms with E-state index in [1.807, 2.05) is 0 Å². The second-order valence-corrected chi connectivity index (χ2v) is 11.0. The molecule has 0 saturated heterocycles. The lowest BCUT2D eigenvalue weighted by Crippen LogP contribution is -2.41. The second kappa shape index (κ2) is 11.8. The number of ketones is 1. The van der Waals surface area contributed by atoms with E-state index in [0.717, 1.165) is 12.1 Å². The summed E-state index contributed by atoms with van der Waals surface area (Å²) >= 11 is 9.51. The summed E-state index contributed by atoms with van der Waals surface area (Å²) < 4.78 is 47.6. The predicted octanol–water partition coefficient (Wildman–Crippen LogP) is 6.55. The van der Waals surface area contributed by atoms with Gasteiger partial charge in [0.1, 0.15) is 11.4 Å². The molecule has 0 N–H and O–H groups in total. The van der Waals surface area contributed by atoms with Crippen molar-refractivity contribution in [2.75, 3.05) is 13.7 Å². The third-order valence-corrected chi connectivity index (χ3v) is 8.38. The molecule has 5 rings (SSSR count). The Morgan fingerprint density at radius 3 is 2.31 bits per heavy atom. The fourth-order valence-electron chi connectivity index (χ4n) is 4.94. The Morgan fingerprint density at radius 1 is 1.00 bits per heavy atom. The number of alkyl halides is 3. The van der Waals surface area contributed by atoms with Crippen molar-refractivity contribution < 1.29 is 27.5 Å². The number of aryl methyl sites for hydroxylation is 1. The maximum absolute atomic E-state index is 13.8. The number of rotatable bonds is 7. The molecule has 12 heteroatoms. The minimum atomic E-state index is -4.46. The molecular weight excluding hydrogens is 639 g/mol. The van der Waals surface area contributed by atoms with Crippen LogP contribution < -0.4 is 10.4 Å². The molecule has 4 aromatic rings. The molecule has 0 atom stereocenters. The smallest absolute Gasteiger partial charge is 0.416 e. The molecule has 0 unspecified atom stereocenters. The van der Waals surface area contributed by atoms with Crippen LogP contribution in [0.2, 0.25) is 5.02 Å². The first-order chi connectivity index (χ1) is 20.0. The number of methoxy groups -OCH3 is 1. The first-order valence-electron chi connectivity index (χ1n) is 12.9. The van der Waals surface area contributed by atoms with E-state index in [2.05, 4.69) is 15.9 Å². The van der Waals surface area contributed by atoms with Crippen molar-refractivity contribution >= 4 is 39.2 Å². The molecule has 1 amide bonds. The van der Waals surface area contributed by atoms with E-state index in [4.69, 9.17) is 16.3 Å². The number of imidazole rings is 1. The Balaban J connectivity index is 1.49. The molecule has 218 valence electrons. The summed E-state index contributed by atoms with van der Waals surface area (Å²) in [5, 5.41) is 0.375. The number of hydrogen-bond donors (Lipinski definition) is 0. The number of ether oxygens (including phenoxy) is 1. The van der Waals surface area contributed by atoms with Crippen molar-refractivity contribution in [3.8, 4) is 11.4 Å². The number of Topliss-reactive ketones (excluding diaryl/α,β-unsaturated/α-hetero) is 1. The number of carbonyl (C=O) groups excluding carboxylic acids is 2. The lowest BCUT2D eigenvalue weighted by atomic mass is 10.0. The normalized spacial score (nSPS) is 13.1. The van der Waals surface area contributed by atoms with E-state index < -0.39 is 17.4 Å². The van der Waals surface area contributed by atoms with Gasteiger partial charge in [-0.3, -0.25) is 18.7 Å². The molecule has 0 radical (unpaired) electrons. The minimum absolute atomic E-state index is 0.00621. The van der Waals surface area contributed by atoms with Crippen molar-refractivity contribution in [1.29, 1.82) is 0 Å². The summed E-state index contributed by atoms with van der Waals surface area (Å²) in [6, 6.07) is 16.1. The van der Waals surface area contributed by atoms with Gasteiger partial charge in [0.05, 0.1) is 35.6 Å². The fraction of sp³-hybridized carbons (Fsp3) is 0.233. The quantitative estimate of drug-likeness (QED) is 0.211. The Hall–Kier alpha value is -3.83. The van der Waals surface area contributed by atoms with Gasteiger partial charge >= 0.3 is 11.9 Å². The number of fused-ring (bicyclic) bond motifs is 1. The largest absolute Gasteiger partial charge is 0.497 e. The van der Waals surface area contributed by atoms with Crippen molar-refractivity contribution in [3.05, 3.63) is 115 Å². The van der Waals surface area contributed by atoms with Crippen LogP contribution in [0.15, 0.2) is 76.0 Å². The summed E-state index contributed by atoms with van der Waals surface area (Å²) in [6.45, 7) is 0.421. The number of aromatic nitrogens is 2. The lowest BCUT2D eigenvalue weighted by molar-refractivity contribution is -0.137. The van der Waals surface area contributed by atoms with Crippen LogP contribution in [-0.2, 0) is 25.7 Å². The summed E-state index contributed by atoms with van der Waals surface area (Å²) in [4.78, 5) is 42.3. The number of amides is 1. The highest BCUT2D eigenvalue weighted by Gasteiger charge is 2.32. The fourth-order valence-corrected chi connectivity index (χ4v) is 5.37. The van der Waals surface area contributed by atoms with Gasteiger partial charge in [0.2, 0.25) is 0 Å². The Bertz CT molecular complexity index is 1710. The van der Waals surface area contributed by atoms with E-state index in [1.165, 1.54) is 28.4 Å². The van der Waals surface area contributed by atoms with Gasteiger partial charge in [0, 0.05) is 29.5 Å². The molecule has 0 aliphatic carbocycles. The second-order valence-electron chi connectivity index (χ2n) is 9.74. The average Bonchev–Trinajstić information content (AvgIpc) is 3.28. The highest BCUT2D eigenvalue weighted by atomic mass is 79.9. The van der Waals surface area contributed by atoms with E-state index in [0.29, 0.717) is 37.8 Å². The van der Waals surface area contributed by atoms with Gasteiger partial charge in [-0.2, -0.15) is 13.2 Å². The van der Waals surface area contributed by atoms with Gasteiger partial charge in [-0.25, -0.2) is 4.79 Å². The molecule has 1 aromatic heterocycles. The molecule has 2 heterocycles. The van der Waals surface area contributed by atoms with Crippen molar-refractivity contribution in [2.24, 2.45) is 0 Å². The average molecular weight is 663 g/mol. The molecule has 0 fully saturated rings. The van der Waals surface area contributed by atoms with Gasteiger partial charge < -0.3 is 9.64 Å². The van der Waals surface area contributed by atoms with Crippen molar-refractivity contribution in [1.82, 2.24) is 14.0 Å². The van der Waals surface area contributed by atoms with Crippen molar-refractivity contribution in [2.45, 2.75) is 32.1 Å². The molecule has 1 aliphatic heterocycles. The van der Waals surface area contributed by atoms with Crippen LogP contribution in [-0.4, -0.2) is 39.4 Å². The summed E-state index contributed by atoms with van der Waals surface area (Å²) in [6.07, 6.45) is -4.36. The van der Waals surface area contributed by atoms with E-state index in [9.17, 15) is 27.6 Å². The topological polar surface area (TPSA) is 73.5 Å². The van der Waals surface area contributed by atoms with Crippen molar-refractivity contribution in [3.63, 3.8) is 0 Å². The summed E-state index contributed by atoms with van der Waals surface area (Å²) in [7, 11) is 1.51. The van der Waals surface area contributed by atoms with E-state index in [-0.39, 0.29) is 49.9 Å². The van der Waals surface area contributed by atoms with Gasteiger partial charge in [-0.1, -0.05) is 23.7 Å². The highest BCUT2D eigenvalue weighted by molar-refractivity contribution is 9.10. The molecule has 3 aromatic carbocycles. The van der Waals surface area contributed by atoms with E-state index >= 15 is 0 Å². The van der Waals surface area contributed by atoms with Crippen LogP contribution in [0.5, 0.6) is 5.75 Å². The molecule has 0 saturated carbocycles. The number of hydrogen-bond acceptors (Lipinski definition) is 4. The summed E-state index contributed by atoms with van der Waals surface area (Å²) in [5.74, 6) is -0.114. The maximum Gasteiger partial charge on any atom is 0.416 e. The third-order valence-electron chi connectivity index (χ3n) is 7.15. The zero-order chi connectivity index (χ0) is 30.2. The van der Waals surface area contributed by atoms with Crippen LogP contribution >= 0.6 is 27.5 Å². The van der Waals surface area contributed by atoms with Crippen LogP contribution in [0.3, 0.4) is 0 Å². The number of nitrogens with zero attached hydrogens (tertiary/aromatic N) is 3. The Labute approximate surface area is 252 Å². The van der Waals surface area contributed by atoms with Gasteiger partial charge in [0.25, 0.3) is 5.91 Å². The Morgan fingerprint density at radius 2 is 1.69 bits per heavy atom. The molecule has 0 bridgehead atoms. The highest BCUT2D eigenvalue weighted by Crippen LogP contribution is 2.30. The zero-order valence-electron chi connectivity index (χ0n) is 22.3. The number of benzene rings is 3. The first kappa shape index (κ1) is 29.7.